The molecule has 0 saturated carbocycles. The minimum absolute atomic E-state index is 0.0279. The normalized spacial score (nSPS) is 11.0. The van der Waals surface area contributed by atoms with Gasteiger partial charge < -0.3 is 10.4 Å². The van der Waals surface area contributed by atoms with Gasteiger partial charge in [0.25, 0.3) is 10.0 Å². The molecule has 6 nitrogen and oxygen atoms in total. The highest BCUT2D eigenvalue weighted by atomic mass is 32.2. The predicted octanol–water partition coefficient (Wildman–Crippen LogP) is 2.28. The van der Waals surface area contributed by atoms with Gasteiger partial charge in [0, 0.05) is 13.6 Å². The number of benzene rings is 2. The zero-order valence-corrected chi connectivity index (χ0v) is 12.7. The van der Waals surface area contributed by atoms with E-state index >= 15 is 0 Å². The van der Waals surface area contributed by atoms with Crippen LogP contribution in [0.15, 0.2) is 59.5 Å². The molecule has 7 heteroatoms. The van der Waals surface area contributed by atoms with Crippen LogP contribution in [0.4, 0.5) is 10.5 Å². The monoisotopic (exact) mass is 320 g/mol. The fourth-order valence-corrected chi connectivity index (χ4v) is 3.27. The van der Waals surface area contributed by atoms with Crippen LogP contribution in [0.5, 0.6) is 0 Å². The molecule has 0 unspecified atom stereocenters. The van der Waals surface area contributed by atoms with Crippen molar-refractivity contribution in [2.75, 3.05) is 11.4 Å². The summed E-state index contributed by atoms with van der Waals surface area (Å²) >= 11 is 0. The van der Waals surface area contributed by atoms with Gasteiger partial charge in [0.1, 0.15) is 0 Å². The minimum atomic E-state index is -3.69. The maximum atomic E-state index is 12.6. The number of carboxylic acid groups (broad SMARTS) is 1. The van der Waals surface area contributed by atoms with Crippen molar-refractivity contribution in [1.29, 1.82) is 0 Å². The average Bonchev–Trinajstić information content (AvgIpc) is 2.53. The Morgan fingerprint density at radius 3 is 2.32 bits per heavy atom. The van der Waals surface area contributed by atoms with Crippen molar-refractivity contribution in [2.45, 2.75) is 11.4 Å². The first-order valence-corrected chi connectivity index (χ1v) is 7.95. The molecule has 2 rings (SSSR count). The van der Waals surface area contributed by atoms with Crippen LogP contribution in [0.3, 0.4) is 0 Å². The molecule has 0 spiro atoms. The van der Waals surface area contributed by atoms with E-state index in [0.29, 0.717) is 11.3 Å². The molecule has 0 aliphatic heterocycles. The van der Waals surface area contributed by atoms with E-state index in [1.54, 1.807) is 42.5 Å². The lowest BCUT2D eigenvalue weighted by atomic mass is 10.2. The van der Waals surface area contributed by atoms with Crippen LogP contribution in [0.2, 0.25) is 0 Å². The third kappa shape index (κ3) is 3.37. The number of anilines is 1. The molecule has 0 radical (unpaired) electrons. The number of rotatable bonds is 5. The van der Waals surface area contributed by atoms with Gasteiger partial charge in [0.2, 0.25) is 0 Å². The van der Waals surface area contributed by atoms with E-state index in [9.17, 15) is 13.2 Å². The van der Waals surface area contributed by atoms with Gasteiger partial charge >= 0.3 is 6.09 Å². The first-order chi connectivity index (χ1) is 10.4. The van der Waals surface area contributed by atoms with Crippen LogP contribution in [0, 0.1) is 0 Å². The first-order valence-electron chi connectivity index (χ1n) is 6.51. The third-order valence-electron chi connectivity index (χ3n) is 3.16. The number of nitrogens with one attached hydrogen (secondary N) is 1. The van der Waals surface area contributed by atoms with E-state index in [0.717, 1.165) is 4.31 Å². The second-order valence-corrected chi connectivity index (χ2v) is 6.54. The summed E-state index contributed by atoms with van der Waals surface area (Å²) in [4.78, 5) is 10.8. The zero-order chi connectivity index (χ0) is 16.2. The number of nitrogens with zero attached hydrogens (tertiary/aromatic N) is 1. The number of hydrogen-bond acceptors (Lipinski definition) is 3. The van der Waals surface area contributed by atoms with E-state index in [2.05, 4.69) is 5.32 Å². The molecule has 0 atom stereocenters. The lowest BCUT2D eigenvalue weighted by Crippen LogP contribution is -2.29. The van der Waals surface area contributed by atoms with Gasteiger partial charge in [-0.2, -0.15) is 0 Å². The molecule has 1 amide bonds. The summed E-state index contributed by atoms with van der Waals surface area (Å²) in [6.07, 6.45) is -1.16. The molecule has 2 N–H and O–H groups in total. The van der Waals surface area contributed by atoms with Gasteiger partial charge in [-0.15, -0.1) is 0 Å². The third-order valence-corrected chi connectivity index (χ3v) is 4.95. The highest BCUT2D eigenvalue weighted by Crippen LogP contribution is 2.25. The molecule has 2 aromatic carbocycles. The molecule has 0 fully saturated rings. The van der Waals surface area contributed by atoms with E-state index in [1.165, 1.54) is 19.2 Å². The Balaban J connectivity index is 2.37. The summed E-state index contributed by atoms with van der Waals surface area (Å²) in [5.74, 6) is 0. The molecule has 0 heterocycles. The van der Waals surface area contributed by atoms with Crippen LogP contribution in [0.1, 0.15) is 5.56 Å². The van der Waals surface area contributed by atoms with Gasteiger partial charge in [-0.3, -0.25) is 4.31 Å². The van der Waals surface area contributed by atoms with Crippen LogP contribution < -0.4 is 9.62 Å². The Hall–Kier alpha value is -2.54. The van der Waals surface area contributed by atoms with E-state index in [-0.39, 0.29) is 11.4 Å². The number of para-hydroxylation sites is 1. The van der Waals surface area contributed by atoms with Crippen molar-refractivity contribution >= 4 is 21.8 Å². The molecule has 0 aromatic heterocycles. The number of amides is 1. The Kier molecular flexibility index (Phi) is 4.67. The standard InChI is InChI=1S/C15H16N2O4S/c1-17(22(20,21)13-8-3-2-4-9-13)14-10-6-5-7-12(14)11-16-15(18)19/h2-10,16H,11H2,1H3,(H,18,19). The second-order valence-electron chi connectivity index (χ2n) is 4.57. The van der Waals surface area contributed by atoms with E-state index in [4.69, 9.17) is 5.11 Å². The van der Waals surface area contributed by atoms with Crippen LogP contribution in [0.25, 0.3) is 0 Å². The molecule has 0 aliphatic carbocycles. The lowest BCUT2D eigenvalue weighted by molar-refractivity contribution is 0.194. The zero-order valence-electron chi connectivity index (χ0n) is 11.9. The quantitative estimate of drug-likeness (QED) is 0.885. The van der Waals surface area contributed by atoms with Crippen molar-refractivity contribution in [3.8, 4) is 0 Å². The predicted molar refractivity (Wildman–Crippen MR) is 83.3 cm³/mol. The van der Waals surface area contributed by atoms with Gasteiger partial charge in [-0.05, 0) is 23.8 Å². The van der Waals surface area contributed by atoms with Crippen LogP contribution in [-0.4, -0.2) is 26.7 Å². The van der Waals surface area contributed by atoms with Gasteiger partial charge in [-0.25, -0.2) is 13.2 Å². The molecule has 116 valence electrons. The maximum absolute atomic E-state index is 12.6. The van der Waals surface area contributed by atoms with E-state index in [1.807, 2.05) is 0 Å². The maximum Gasteiger partial charge on any atom is 0.404 e. The fraction of sp³-hybridized carbons (Fsp3) is 0.133. The highest BCUT2D eigenvalue weighted by molar-refractivity contribution is 7.92. The molecule has 2 aromatic rings. The summed E-state index contributed by atoms with van der Waals surface area (Å²) < 4.78 is 26.4. The Bertz CT molecular complexity index is 760. The SMILES string of the molecule is CN(c1ccccc1CNC(=O)O)S(=O)(=O)c1ccccc1. The molecular formula is C15H16N2O4S. The summed E-state index contributed by atoms with van der Waals surface area (Å²) in [5, 5.41) is 10.9. The fourth-order valence-electron chi connectivity index (χ4n) is 2.02. The minimum Gasteiger partial charge on any atom is -0.465 e. The Labute approximate surface area is 129 Å². The molecule has 0 bridgehead atoms. The largest absolute Gasteiger partial charge is 0.465 e. The van der Waals surface area contributed by atoms with Crippen molar-refractivity contribution in [3.05, 3.63) is 60.2 Å². The smallest absolute Gasteiger partial charge is 0.404 e. The Morgan fingerprint density at radius 2 is 1.68 bits per heavy atom. The topological polar surface area (TPSA) is 86.7 Å². The van der Waals surface area contributed by atoms with Gasteiger partial charge in [0.15, 0.2) is 0 Å². The summed E-state index contributed by atoms with van der Waals surface area (Å²) in [5.41, 5.74) is 1.01. The average molecular weight is 320 g/mol. The number of sulfonamides is 1. The van der Waals surface area contributed by atoms with Crippen molar-refractivity contribution in [1.82, 2.24) is 5.32 Å². The van der Waals surface area contributed by atoms with Gasteiger partial charge in [-0.1, -0.05) is 36.4 Å². The lowest BCUT2D eigenvalue weighted by Gasteiger charge is -2.22. The molecule has 22 heavy (non-hydrogen) atoms. The first kappa shape index (κ1) is 15.8. The molecule has 0 saturated heterocycles. The van der Waals surface area contributed by atoms with E-state index < -0.39 is 16.1 Å². The molecular weight excluding hydrogens is 304 g/mol. The van der Waals surface area contributed by atoms with Crippen molar-refractivity contribution in [2.24, 2.45) is 0 Å². The van der Waals surface area contributed by atoms with Crippen molar-refractivity contribution in [3.63, 3.8) is 0 Å². The summed E-state index contributed by atoms with van der Waals surface area (Å²) in [6.45, 7) is 0.0279. The van der Waals surface area contributed by atoms with Crippen LogP contribution >= 0.6 is 0 Å². The highest BCUT2D eigenvalue weighted by Gasteiger charge is 2.22. The number of hydrogen-bond donors (Lipinski definition) is 2. The Morgan fingerprint density at radius 1 is 1.09 bits per heavy atom. The van der Waals surface area contributed by atoms with Crippen molar-refractivity contribution < 1.29 is 18.3 Å². The van der Waals surface area contributed by atoms with Gasteiger partial charge in [0.05, 0.1) is 10.6 Å². The number of carbonyl (C=O) groups is 1. The summed E-state index contributed by atoms with van der Waals surface area (Å²) in [6, 6.07) is 14.8. The second kappa shape index (κ2) is 6.48. The summed E-state index contributed by atoms with van der Waals surface area (Å²) in [7, 11) is -2.25. The van der Waals surface area contributed by atoms with Crippen LogP contribution in [-0.2, 0) is 16.6 Å². The molecule has 0 aliphatic rings.